The average molecular weight is 297 g/mol. The van der Waals surface area contributed by atoms with Crippen molar-refractivity contribution in [3.63, 3.8) is 0 Å². The second-order valence-electron chi connectivity index (χ2n) is 4.77. The molecule has 118 valence electrons. The van der Waals surface area contributed by atoms with E-state index in [9.17, 15) is 15.0 Å². The quantitative estimate of drug-likeness (QED) is 0.625. The Morgan fingerprint density at radius 3 is 2.24 bits per heavy atom. The van der Waals surface area contributed by atoms with Crippen LogP contribution in [0.4, 0.5) is 0 Å². The number of carbonyl (C=O) groups is 1. The van der Waals surface area contributed by atoms with Gasteiger partial charge in [-0.1, -0.05) is 6.92 Å². The van der Waals surface area contributed by atoms with Crippen LogP contribution in [0.3, 0.4) is 0 Å². The fourth-order valence-corrected chi connectivity index (χ4v) is 1.73. The van der Waals surface area contributed by atoms with Crippen molar-refractivity contribution in [1.29, 1.82) is 0 Å². The minimum atomic E-state index is -0.961. The maximum Gasteiger partial charge on any atom is 0.224 e. The van der Waals surface area contributed by atoms with Crippen LogP contribution in [0.15, 0.2) is 24.3 Å². The maximum absolute atomic E-state index is 11.8. The van der Waals surface area contributed by atoms with Gasteiger partial charge in [-0.2, -0.15) is 0 Å². The normalized spacial score (nSPS) is 11.0. The largest absolute Gasteiger partial charge is 0.497 e. The van der Waals surface area contributed by atoms with Crippen molar-refractivity contribution in [3.8, 4) is 11.5 Å². The highest BCUT2D eigenvalue weighted by molar-refractivity contribution is 5.77. The smallest absolute Gasteiger partial charge is 0.224 e. The Morgan fingerprint density at radius 1 is 1.19 bits per heavy atom. The average Bonchev–Trinajstić information content (AvgIpc) is 2.53. The number of nitrogens with one attached hydrogen (secondary N) is 1. The van der Waals surface area contributed by atoms with Crippen LogP contribution in [0.1, 0.15) is 19.8 Å². The summed E-state index contributed by atoms with van der Waals surface area (Å²) >= 11 is 0. The van der Waals surface area contributed by atoms with E-state index in [1.165, 1.54) is 0 Å². The zero-order valence-electron chi connectivity index (χ0n) is 12.5. The summed E-state index contributed by atoms with van der Waals surface area (Å²) in [6.45, 7) is 1.41. The monoisotopic (exact) mass is 297 g/mol. The molecule has 0 fully saturated rings. The van der Waals surface area contributed by atoms with Gasteiger partial charge in [-0.05, 0) is 30.7 Å². The third-order valence-electron chi connectivity index (χ3n) is 3.34. The van der Waals surface area contributed by atoms with Gasteiger partial charge in [0.2, 0.25) is 5.91 Å². The van der Waals surface area contributed by atoms with E-state index in [-0.39, 0.29) is 32.1 Å². The van der Waals surface area contributed by atoms with Gasteiger partial charge >= 0.3 is 0 Å². The maximum atomic E-state index is 11.8. The molecule has 0 atom stereocenters. The van der Waals surface area contributed by atoms with Crippen LogP contribution < -0.4 is 14.8 Å². The highest BCUT2D eigenvalue weighted by Gasteiger charge is 2.28. The zero-order chi connectivity index (χ0) is 15.7. The van der Waals surface area contributed by atoms with Crippen LogP contribution >= 0.6 is 0 Å². The number of aliphatic hydroxyl groups is 2. The number of benzene rings is 1. The summed E-state index contributed by atoms with van der Waals surface area (Å²) in [6, 6.07) is 7.06. The summed E-state index contributed by atoms with van der Waals surface area (Å²) in [7, 11) is 1.59. The molecule has 21 heavy (non-hydrogen) atoms. The standard InChI is InChI=1S/C15H23NO5/c1-3-15(10-17,11-18)16-14(19)8-9-21-13-6-4-12(20-2)5-7-13/h4-7,17-18H,3,8-11H2,1-2H3,(H,16,19). The molecule has 0 heterocycles. The van der Waals surface area contributed by atoms with E-state index in [1.54, 1.807) is 38.3 Å². The number of hydrogen-bond donors (Lipinski definition) is 3. The summed E-state index contributed by atoms with van der Waals surface area (Å²) in [5.41, 5.74) is -0.961. The van der Waals surface area contributed by atoms with Crippen LogP contribution in [0.2, 0.25) is 0 Å². The molecule has 1 rings (SSSR count). The number of methoxy groups -OCH3 is 1. The fraction of sp³-hybridized carbons (Fsp3) is 0.533. The third-order valence-corrected chi connectivity index (χ3v) is 3.34. The molecule has 1 aromatic carbocycles. The van der Waals surface area contributed by atoms with Gasteiger partial charge in [0.05, 0.1) is 38.9 Å². The first-order valence-electron chi connectivity index (χ1n) is 6.88. The van der Waals surface area contributed by atoms with Crippen molar-refractivity contribution in [2.75, 3.05) is 26.9 Å². The van der Waals surface area contributed by atoms with Crippen LogP contribution in [0.25, 0.3) is 0 Å². The van der Waals surface area contributed by atoms with Gasteiger partial charge in [0, 0.05) is 0 Å². The summed E-state index contributed by atoms with van der Waals surface area (Å²) in [5.74, 6) is 1.11. The molecule has 0 spiro atoms. The highest BCUT2D eigenvalue weighted by Crippen LogP contribution is 2.17. The third kappa shape index (κ3) is 5.24. The lowest BCUT2D eigenvalue weighted by Gasteiger charge is -2.29. The molecule has 6 heteroatoms. The lowest BCUT2D eigenvalue weighted by Crippen LogP contribution is -2.54. The molecule has 0 aromatic heterocycles. The second-order valence-corrected chi connectivity index (χ2v) is 4.77. The molecule has 0 radical (unpaired) electrons. The summed E-state index contributed by atoms with van der Waals surface area (Å²) < 4.78 is 10.5. The summed E-state index contributed by atoms with van der Waals surface area (Å²) in [6.07, 6.45) is 0.596. The van der Waals surface area contributed by atoms with Gasteiger partial charge in [-0.3, -0.25) is 4.79 Å². The number of carbonyl (C=O) groups excluding carboxylic acids is 1. The first kappa shape index (κ1) is 17.3. The summed E-state index contributed by atoms with van der Waals surface area (Å²) in [4.78, 5) is 11.8. The Labute approximate surface area is 124 Å². The second kappa shape index (κ2) is 8.49. The van der Waals surface area contributed by atoms with Crippen molar-refractivity contribution < 1.29 is 24.5 Å². The molecule has 1 amide bonds. The molecule has 0 aliphatic carbocycles. The van der Waals surface area contributed by atoms with Gasteiger partial charge < -0.3 is 25.0 Å². The van der Waals surface area contributed by atoms with Crippen LogP contribution in [0.5, 0.6) is 11.5 Å². The van der Waals surface area contributed by atoms with E-state index < -0.39 is 5.54 Å². The van der Waals surface area contributed by atoms with Gasteiger partial charge in [0.15, 0.2) is 0 Å². The van der Waals surface area contributed by atoms with E-state index in [0.717, 1.165) is 5.75 Å². The Bertz CT molecular complexity index is 420. The van der Waals surface area contributed by atoms with Gasteiger partial charge in [0.25, 0.3) is 0 Å². The molecule has 0 bridgehead atoms. The van der Waals surface area contributed by atoms with Crippen LogP contribution in [-0.2, 0) is 4.79 Å². The number of aliphatic hydroxyl groups excluding tert-OH is 2. The molecule has 0 aliphatic rings. The Hall–Kier alpha value is -1.79. The molecule has 6 nitrogen and oxygen atoms in total. The molecule has 3 N–H and O–H groups in total. The number of rotatable bonds is 9. The number of hydrogen-bond acceptors (Lipinski definition) is 5. The first-order chi connectivity index (χ1) is 10.1. The predicted molar refractivity (Wildman–Crippen MR) is 78.4 cm³/mol. The fourth-order valence-electron chi connectivity index (χ4n) is 1.73. The Kier molecular flexibility index (Phi) is 6.98. The molecule has 0 unspecified atom stereocenters. The SMILES string of the molecule is CCC(CO)(CO)NC(=O)CCOc1ccc(OC)cc1. The van der Waals surface area contributed by atoms with E-state index in [0.29, 0.717) is 12.2 Å². The Morgan fingerprint density at radius 2 is 1.76 bits per heavy atom. The van der Waals surface area contributed by atoms with Crippen LogP contribution in [-0.4, -0.2) is 48.6 Å². The van der Waals surface area contributed by atoms with E-state index in [1.807, 2.05) is 0 Å². The van der Waals surface area contributed by atoms with Crippen molar-refractivity contribution in [3.05, 3.63) is 24.3 Å². The van der Waals surface area contributed by atoms with Crippen molar-refractivity contribution in [2.24, 2.45) is 0 Å². The van der Waals surface area contributed by atoms with E-state index >= 15 is 0 Å². The van der Waals surface area contributed by atoms with Crippen molar-refractivity contribution >= 4 is 5.91 Å². The van der Waals surface area contributed by atoms with Crippen LogP contribution in [0, 0.1) is 0 Å². The summed E-state index contributed by atoms with van der Waals surface area (Å²) in [5, 5.41) is 21.2. The van der Waals surface area contributed by atoms with Gasteiger partial charge in [0.1, 0.15) is 11.5 Å². The lowest BCUT2D eigenvalue weighted by molar-refractivity contribution is -0.125. The van der Waals surface area contributed by atoms with Gasteiger partial charge in [-0.25, -0.2) is 0 Å². The van der Waals surface area contributed by atoms with E-state index in [4.69, 9.17) is 9.47 Å². The Balaban J connectivity index is 2.39. The zero-order valence-corrected chi connectivity index (χ0v) is 12.5. The molecule has 0 saturated carbocycles. The minimum Gasteiger partial charge on any atom is -0.497 e. The predicted octanol–water partition coefficient (Wildman–Crippen LogP) is 0.714. The number of amides is 1. The number of ether oxygens (including phenoxy) is 2. The first-order valence-corrected chi connectivity index (χ1v) is 6.88. The molecule has 0 saturated heterocycles. The molecular weight excluding hydrogens is 274 g/mol. The lowest BCUT2D eigenvalue weighted by atomic mass is 9.98. The van der Waals surface area contributed by atoms with E-state index in [2.05, 4.69) is 5.32 Å². The minimum absolute atomic E-state index is 0.147. The van der Waals surface area contributed by atoms with Crippen molar-refractivity contribution in [1.82, 2.24) is 5.32 Å². The highest BCUT2D eigenvalue weighted by atomic mass is 16.5. The molecular formula is C15H23NO5. The topological polar surface area (TPSA) is 88.0 Å². The molecule has 0 aliphatic heterocycles. The molecule has 1 aromatic rings. The van der Waals surface area contributed by atoms with Gasteiger partial charge in [-0.15, -0.1) is 0 Å². The van der Waals surface area contributed by atoms with Crippen molar-refractivity contribution in [2.45, 2.75) is 25.3 Å².